The van der Waals surface area contributed by atoms with Crippen LogP contribution in [0, 0.1) is 30.1 Å². The number of hydrogen-bond donors (Lipinski definition) is 0. The monoisotopic (exact) mass is 464 g/mol. The highest BCUT2D eigenvalue weighted by molar-refractivity contribution is 7.98. The molecule has 4 aliphatic carbocycles. The number of aryl methyl sites for hydroxylation is 1. The lowest BCUT2D eigenvalue weighted by molar-refractivity contribution is -0.0536. The average Bonchev–Trinajstić information content (AvgIpc) is 3.38. The summed E-state index contributed by atoms with van der Waals surface area (Å²) in [4.78, 5) is 4.91. The second-order valence-electron chi connectivity index (χ2n) is 10.5. The summed E-state index contributed by atoms with van der Waals surface area (Å²) in [6.07, 6.45) is 9.92. The summed E-state index contributed by atoms with van der Waals surface area (Å²) in [5, 5.41) is 13.7. The predicted molar refractivity (Wildman–Crippen MR) is 132 cm³/mol. The maximum absolute atomic E-state index is 4.91. The van der Waals surface area contributed by atoms with Crippen molar-refractivity contribution in [2.24, 2.45) is 23.2 Å². The number of benzene rings is 1. The molecule has 2 heterocycles. The molecule has 0 saturated heterocycles. The van der Waals surface area contributed by atoms with Crippen molar-refractivity contribution in [2.45, 2.75) is 76.2 Å². The van der Waals surface area contributed by atoms with E-state index in [9.17, 15) is 0 Å². The molecule has 4 bridgehead atoms. The summed E-state index contributed by atoms with van der Waals surface area (Å²) in [5.74, 6) is 5.02. The molecule has 32 heavy (non-hydrogen) atoms. The molecule has 4 aliphatic rings. The number of nitrogens with zero attached hydrogens (tertiary/aromatic N) is 4. The summed E-state index contributed by atoms with van der Waals surface area (Å²) in [7, 11) is 0. The van der Waals surface area contributed by atoms with Gasteiger partial charge in [0, 0.05) is 29.7 Å². The molecule has 0 atom stereocenters. The third-order valence-electron chi connectivity index (χ3n) is 8.08. The zero-order valence-corrected chi connectivity index (χ0v) is 20.7. The van der Waals surface area contributed by atoms with Crippen LogP contribution in [0.25, 0.3) is 10.6 Å². The van der Waals surface area contributed by atoms with Crippen molar-refractivity contribution in [3.63, 3.8) is 0 Å². The number of rotatable bonds is 7. The highest BCUT2D eigenvalue weighted by Crippen LogP contribution is 2.61. The van der Waals surface area contributed by atoms with E-state index in [2.05, 4.69) is 53.2 Å². The molecular weight excluding hydrogens is 432 g/mol. The lowest BCUT2D eigenvalue weighted by Gasteiger charge is -2.56. The number of hydrogen-bond acceptors (Lipinski definition) is 5. The van der Waals surface area contributed by atoms with Gasteiger partial charge in [-0.1, -0.05) is 36.0 Å². The molecule has 4 fully saturated rings. The lowest BCUT2D eigenvalue weighted by Crippen LogP contribution is -2.47. The molecule has 6 heteroatoms. The van der Waals surface area contributed by atoms with Crippen LogP contribution < -0.4 is 0 Å². The predicted octanol–water partition coefficient (Wildman–Crippen LogP) is 6.78. The Morgan fingerprint density at radius 1 is 1.06 bits per heavy atom. The molecule has 7 rings (SSSR count). The van der Waals surface area contributed by atoms with Gasteiger partial charge in [-0.05, 0) is 81.1 Å². The smallest absolute Gasteiger partial charge is 0.191 e. The van der Waals surface area contributed by atoms with Crippen molar-refractivity contribution in [3.05, 3.63) is 46.7 Å². The maximum atomic E-state index is 4.91. The molecule has 0 spiro atoms. The van der Waals surface area contributed by atoms with Crippen LogP contribution in [0.2, 0.25) is 0 Å². The molecular formula is C26H32N4S2. The quantitative estimate of drug-likeness (QED) is 0.361. The van der Waals surface area contributed by atoms with Gasteiger partial charge in [0.25, 0.3) is 0 Å². The summed E-state index contributed by atoms with van der Waals surface area (Å²) in [5.41, 5.74) is 4.16. The first-order valence-corrected chi connectivity index (χ1v) is 14.0. The van der Waals surface area contributed by atoms with Crippen molar-refractivity contribution >= 4 is 23.1 Å². The standard InChI is InChI=1S/C26H32N4S2/c1-3-30-23(14-26-11-18-8-19(12-26)10-20(9-18)13-26)28-29-25(30)32-16-21-15-31-24(27-21)22-7-5-4-6-17(22)2/h4-7,15,18-20H,3,8-14,16H2,1-2H3. The Morgan fingerprint density at radius 2 is 1.78 bits per heavy atom. The van der Waals surface area contributed by atoms with Crippen LogP contribution in [-0.4, -0.2) is 19.7 Å². The summed E-state index contributed by atoms with van der Waals surface area (Å²) in [6, 6.07) is 8.49. The third-order valence-corrected chi connectivity index (χ3v) is 10.0. The number of aromatic nitrogens is 4. The van der Waals surface area contributed by atoms with Crippen LogP contribution in [-0.2, 0) is 18.7 Å². The average molecular weight is 465 g/mol. The minimum atomic E-state index is 0.508. The molecule has 0 amide bonds. The van der Waals surface area contributed by atoms with E-state index in [1.54, 1.807) is 23.1 Å². The zero-order valence-electron chi connectivity index (χ0n) is 19.1. The largest absolute Gasteiger partial charge is 0.306 e. The Bertz CT molecular complexity index is 1080. The SMILES string of the molecule is CCn1c(CC23CC4CC(CC(C4)C2)C3)nnc1SCc1csc(-c2ccccc2C)n1. The van der Waals surface area contributed by atoms with E-state index in [1.807, 2.05) is 0 Å². The Labute approximate surface area is 199 Å². The maximum Gasteiger partial charge on any atom is 0.191 e. The summed E-state index contributed by atoms with van der Waals surface area (Å²) < 4.78 is 2.37. The molecule has 0 aliphatic heterocycles. The van der Waals surface area contributed by atoms with Gasteiger partial charge in [-0.15, -0.1) is 21.5 Å². The molecule has 4 nitrogen and oxygen atoms in total. The van der Waals surface area contributed by atoms with Crippen molar-refractivity contribution in [1.82, 2.24) is 19.7 Å². The lowest BCUT2D eigenvalue weighted by atomic mass is 9.49. The molecule has 0 radical (unpaired) electrons. The van der Waals surface area contributed by atoms with Gasteiger partial charge in [0.05, 0.1) is 5.69 Å². The highest BCUT2D eigenvalue weighted by atomic mass is 32.2. The van der Waals surface area contributed by atoms with E-state index in [1.165, 1.54) is 55.5 Å². The normalized spacial score (nSPS) is 28.5. The van der Waals surface area contributed by atoms with E-state index in [4.69, 9.17) is 10.1 Å². The van der Waals surface area contributed by atoms with Gasteiger partial charge in [-0.3, -0.25) is 0 Å². The Kier molecular flexibility index (Phi) is 5.41. The summed E-state index contributed by atoms with van der Waals surface area (Å²) in [6.45, 7) is 5.33. The minimum Gasteiger partial charge on any atom is -0.306 e. The van der Waals surface area contributed by atoms with Crippen LogP contribution in [0.5, 0.6) is 0 Å². The topological polar surface area (TPSA) is 43.6 Å². The van der Waals surface area contributed by atoms with E-state index < -0.39 is 0 Å². The highest BCUT2D eigenvalue weighted by Gasteiger charge is 2.51. The first-order valence-electron chi connectivity index (χ1n) is 12.2. The number of thiazole rings is 1. The summed E-state index contributed by atoms with van der Waals surface area (Å²) >= 11 is 3.52. The van der Waals surface area contributed by atoms with Gasteiger partial charge >= 0.3 is 0 Å². The van der Waals surface area contributed by atoms with Gasteiger partial charge in [0.2, 0.25) is 0 Å². The fraction of sp³-hybridized carbons (Fsp3) is 0.577. The van der Waals surface area contributed by atoms with Crippen molar-refractivity contribution in [3.8, 4) is 10.6 Å². The minimum absolute atomic E-state index is 0.508. The fourth-order valence-electron chi connectivity index (χ4n) is 7.16. The van der Waals surface area contributed by atoms with E-state index in [0.717, 1.165) is 52.3 Å². The molecule has 4 saturated carbocycles. The Balaban J connectivity index is 1.16. The number of thioether (sulfide) groups is 1. The Morgan fingerprint density at radius 3 is 2.47 bits per heavy atom. The second-order valence-corrected chi connectivity index (χ2v) is 12.3. The molecule has 3 aromatic rings. The molecule has 2 aromatic heterocycles. The first-order chi connectivity index (χ1) is 15.6. The van der Waals surface area contributed by atoms with Crippen LogP contribution >= 0.6 is 23.1 Å². The van der Waals surface area contributed by atoms with Gasteiger partial charge in [0.1, 0.15) is 10.8 Å². The van der Waals surface area contributed by atoms with Crippen molar-refractivity contribution < 1.29 is 0 Å². The fourth-order valence-corrected chi connectivity index (χ4v) is 9.09. The second kappa shape index (κ2) is 8.28. The first kappa shape index (κ1) is 20.9. The zero-order chi connectivity index (χ0) is 21.7. The van der Waals surface area contributed by atoms with Gasteiger partial charge < -0.3 is 4.57 Å². The molecule has 1 aromatic carbocycles. The third kappa shape index (κ3) is 3.83. The molecule has 0 N–H and O–H groups in total. The van der Waals surface area contributed by atoms with Gasteiger partial charge in [-0.25, -0.2) is 4.98 Å². The van der Waals surface area contributed by atoms with Gasteiger partial charge in [-0.2, -0.15) is 0 Å². The molecule has 168 valence electrons. The van der Waals surface area contributed by atoms with E-state index >= 15 is 0 Å². The van der Waals surface area contributed by atoms with E-state index in [-0.39, 0.29) is 0 Å². The van der Waals surface area contributed by atoms with Crippen LogP contribution in [0.4, 0.5) is 0 Å². The Hall–Kier alpha value is -1.66. The van der Waals surface area contributed by atoms with Crippen LogP contribution in [0.3, 0.4) is 0 Å². The van der Waals surface area contributed by atoms with Crippen LogP contribution in [0.15, 0.2) is 34.8 Å². The molecule has 0 unspecified atom stereocenters. The van der Waals surface area contributed by atoms with Crippen molar-refractivity contribution in [1.29, 1.82) is 0 Å². The van der Waals surface area contributed by atoms with Crippen molar-refractivity contribution in [2.75, 3.05) is 0 Å². The van der Waals surface area contributed by atoms with Gasteiger partial charge in [0.15, 0.2) is 5.16 Å². The van der Waals surface area contributed by atoms with Crippen LogP contribution in [0.1, 0.15) is 62.5 Å². The van der Waals surface area contributed by atoms with E-state index in [0.29, 0.717) is 5.41 Å².